The van der Waals surface area contributed by atoms with Gasteiger partial charge in [0.05, 0.1) is 11.7 Å². The van der Waals surface area contributed by atoms with Gasteiger partial charge in [0.15, 0.2) is 0 Å². The van der Waals surface area contributed by atoms with E-state index in [2.05, 4.69) is 4.98 Å². The number of carbonyl (C=O) groups is 1. The summed E-state index contributed by atoms with van der Waals surface area (Å²) in [4.78, 5) is 18.1. The third-order valence-corrected chi connectivity index (χ3v) is 3.21. The van der Waals surface area contributed by atoms with Crippen LogP contribution in [-0.2, 0) is 9.53 Å². The van der Waals surface area contributed by atoms with Gasteiger partial charge >= 0.3 is 0 Å². The highest BCUT2D eigenvalue weighted by Gasteiger charge is 2.38. The molecule has 1 aromatic rings. The summed E-state index contributed by atoms with van der Waals surface area (Å²) in [5.41, 5.74) is 6.93. The molecule has 0 bridgehead atoms. The number of rotatable bonds is 5. The van der Waals surface area contributed by atoms with Crippen molar-refractivity contribution < 1.29 is 9.53 Å². The molecule has 1 aromatic heterocycles. The topological polar surface area (TPSA) is 68.5 Å². The molecule has 0 aromatic carbocycles. The van der Waals surface area contributed by atoms with E-state index in [9.17, 15) is 4.79 Å². The minimum atomic E-state index is -0.171. The molecule has 18 heavy (non-hydrogen) atoms. The summed E-state index contributed by atoms with van der Waals surface area (Å²) in [5.74, 6) is 0.106. The summed E-state index contributed by atoms with van der Waals surface area (Å²) in [6.45, 7) is 1.32. The minimum Gasteiger partial charge on any atom is -0.385 e. The molecule has 0 aliphatic carbocycles. The van der Waals surface area contributed by atoms with E-state index in [0.29, 0.717) is 19.6 Å². The fourth-order valence-electron chi connectivity index (χ4n) is 2.39. The Balaban J connectivity index is 2.12. The predicted octanol–water partition coefficient (Wildman–Crippen LogP) is 0.719. The van der Waals surface area contributed by atoms with Crippen LogP contribution in [0.3, 0.4) is 0 Å². The van der Waals surface area contributed by atoms with Crippen LogP contribution in [0.15, 0.2) is 24.4 Å². The largest absolute Gasteiger partial charge is 0.385 e. The van der Waals surface area contributed by atoms with Crippen LogP contribution < -0.4 is 5.73 Å². The van der Waals surface area contributed by atoms with E-state index >= 15 is 0 Å². The number of hydrogen-bond acceptors (Lipinski definition) is 4. The Morgan fingerprint density at radius 3 is 3.06 bits per heavy atom. The third kappa shape index (κ3) is 2.68. The first kappa shape index (κ1) is 13.0. The summed E-state index contributed by atoms with van der Waals surface area (Å²) >= 11 is 0. The summed E-state index contributed by atoms with van der Waals surface area (Å²) in [6.07, 6.45) is 2.95. The van der Waals surface area contributed by atoms with Crippen molar-refractivity contribution in [2.75, 3.05) is 20.3 Å². The first-order valence-corrected chi connectivity index (χ1v) is 6.19. The van der Waals surface area contributed by atoms with Crippen LogP contribution in [0, 0.1) is 0 Å². The van der Waals surface area contributed by atoms with Crippen molar-refractivity contribution in [3.05, 3.63) is 30.1 Å². The van der Waals surface area contributed by atoms with E-state index in [4.69, 9.17) is 10.5 Å². The lowest BCUT2D eigenvalue weighted by molar-refractivity contribution is -0.129. The second kappa shape index (κ2) is 5.93. The Hall–Kier alpha value is -1.46. The Morgan fingerprint density at radius 1 is 1.56 bits per heavy atom. The lowest BCUT2D eigenvalue weighted by atomic mass is 10.1. The smallest absolute Gasteiger partial charge is 0.224 e. The standard InChI is InChI=1S/C13H19N3O2/c1-18-8-4-7-16-12(17)9-10(14)13(16)11-5-2-3-6-15-11/h2-3,5-6,10,13H,4,7-9,14H2,1H3. The Bertz CT molecular complexity index is 396. The maximum atomic E-state index is 11.9. The van der Waals surface area contributed by atoms with Crippen LogP contribution >= 0.6 is 0 Å². The molecule has 2 unspecified atom stereocenters. The minimum absolute atomic E-state index is 0.101. The van der Waals surface area contributed by atoms with Crippen LogP contribution in [0.25, 0.3) is 0 Å². The summed E-state index contributed by atoms with van der Waals surface area (Å²) in [7, 11) is 1.66. The summed E-state index contributed by atoms with van der Waals surface area (Å²) in [5, 5.41) is 0. The van der Waals surface area contributed by atoms with Gasteiger partial charge in [0.2, 0.25) is 5.91 Å². The van der Waals surface area contributed by atoms with E-state index in [1.807, 2.05) is 23.1 Å². The Morgan fingerprint density at radius 2 is 2.39 bits per heavy atom. The molecule has 2 N–H and O–H groups in total. The number of carbonyl (C=O) groups excluding carboxylic acids is 1. The first-order chi connectivity index (χ1) is 8.74. The van der Waals surface area contributed by atoms with Crippen molar-refractivity contribution in [2.24, 2.45) is 5.73 Å². The summed E-state index contributed by atoms with van der Waals surface area (Å²) < 4.78 is 5.02. The average Bonchev–Trinajstić information content (AvgIpc) is 2.66. The van der Waals surface area contributed by atoms with Crippen LogP contribution in [0.4, 0.5) is 0 Å². The third-order valence-electron chi connectivity index (χ3n) is 3.21. The van der Waals surface area contributed by atoms with Gasteiger partial charge in [0.25, 0.3) is 0 Å². The van der Waals surface area contributed by atoms with Crippen molar-refractivity contribution >= 4 is 5.91 Å². The molecular weight excluding hydrogens is 230 g/mol. The number of ether oxygens (including phenoxy) is 1. The molecule has 1 saturated heterocycles. The summed E-state index contributed by atoms with van der Waals surface area (Å²) in [6, 6.07) is 5.43. The molecule has 0 saturated carbocycles. The highest BCUT2D eigenvalue weighted by Crippen LogP contribution is 2.30. The van der Waals surface area contributed by atoms with Gasteiger partial charge in [-0.3, -0.25) is 9.78 Å². The number of likely N-dealkylation sites (tertiary alicyclic amines) is 1. The van der Waals surface area contributed by atoms with Crippen molar-refractivity contribution in [1.82, 2.24) is 9.88 Å². The maximum absolute atomic E-state index is 11.9. The van der Waals surface area contributed by atoms with E-state index in [1.54, 1.807) is 13.3 Å². The van der Waals surface area contributed by atoms with Gasteiger partial charge in [-0.25, -0.2) is 0 Å². The number of methoxy groups -OCH3 is 1. The zero-order chi connectivity index (χ0) is 13.0. The molecule has 1 aliphatic rings. The molecule has 0 radical (unpaired) electrons. The lowest BCUT2D eigenvalue weighted by Crippen LogP contribution is -2.34. The SMILES string of the molecule is COCCCN1C(=O)CC(N)C1c1ccccn1. The van der Waals surface area contributed by atoms with Gasteiger partial charge in [-0.05, 0) is 18.6 Å². The number of hydrogen-bond donors (Lipinski definition) is 1. The Labute approximate surface area is 107 Å². The van der Waals surface area contributed by atoms with Crippen LogP contribution in [-0.4, -0.2) is 42.1 Å². The molecule has 1 amide bonds. The second-order valence-corrected chi connectivity index (χ2v) is 4.50. The van der Waals surface area contributed by atoms with E-state index in [1.165, 1.54) is 0 Å². The van der Waals surface area contributed by atoms with E-state index in [0.717, 1.165) is 12.1 Å². The van der Waals surface area contributed by atoms with E-state index in [-0.39, 0.29) is 18.0 Å². The average molecular weight is 249 g/mol. The molecule has 2 rings (SSSR count). The van der Waals surface area contributed by atoms with Gasteiger partial charge < -0.3 is 15.4 Å². The molecular formula is C13H19N3O2. The van der Waals surface area contributed by atoms with Crippen LogP contribution in [0.2, 0.25) is 0 Å². The zero-order valence-corrected chi connectivity index (χ0v) is 10.6. The highest BCUT2D eigenvalue weighted by atomic mass is 16.5. The molecule has 0 spiro atoms. The number of pyridine rings is 1. The monoisotopic (exact) mass is 249 g/mol. The molecule has 1 aliphatic heterocycles. The van der Waals surface area contributed by atoms with E-state index < -0.39 is 0 Å². The van der Waals surface area contributed by atoms with Gasteiger partial charge in [-0.15, -0.1) is 0 Å². The highest BCUT2D eigenvalue weighted by molar-refractivity contribution is 5.80. The maximum Gasteiger partial charge on any atom is 0.224 e. The molecule has 2 atom stereocenters. The lowest BCUT2D eigenvalue weighted by Gasteiger charge is -2.26. The molecule has 1 fully saturated rings. The zero-order valence-electron chi connectivity index (χ0n) is 10.6. The van der Waals surface area contributed by atoms with Crippen molar-refractivity contribution in [3.63, 3.8) is 0 Å². The molecule has 2 heterocycles. The van der Waals surface area contributed by atoms with Gasteiger partial charge in [0.1, 0.15) is 0 Å². The van der Waals surface area contributed by atoms with Crippen molar-refractivity contribution in [3.8, 4) is 0 Å². The second-order valence-electron chi connectivity index (χ2n) is 4.50. The van der Waals surface area contributed by atoms with Crippen molar-refractivity contribution in [1.29, 1.82) is 0 Å². The quantitative estimate of drug-likeness (QED) is 0.781. The van der Waals surface area contributed by atoms with Gasteiger partial charge in [-0.2, -0.15) is 0 Å². The first-order valence-electron chi connectivity index (χ1n) is 6.19. The molecule has 5 nitrogen and oxygen atoms in total. The molecule has 98 valence electrons. The fourth-order valence-corrected chi connectivity index (χ4v) is 2.39. The number of amides is 1. The normalized spacial score (nSPS) is 23.7. The van der Waals surface area contributed by atoms with Crippen molar-refractivity contribution in [2.45, 2.75) is 24.9 Å². The van der Waals surface area contributed by atoms with Crippen LogP contribution in [0.1, 0.15) is 24.6 Å². The number of aromatic nitrogens is 1. The predicted molar refractivity (Wildman–Crippen MR) is 67.8 cm³/mol. The fraction of sp³-hybridized carbons (Fsp3) is 0.538. The molecule has 5 heteroatoms. The van der Waals surface area contributed by atoms with Gasteiger partial charge in [-0.1, -0.05) is 6.07 Å². The number of nitrogens with zero attached hydrogens (tertiary/aromatic N) is 2. The number of nitrogens with two attached hydrogens (primary N) is 1. The van der Waals surface area contributed by atoms with Gasteiger partial charge in [0, 0.05) is 38.9 Å². The Kier molecular flexibility index (Phi) is 4.28. The van der Waals surface area contributed by atoms with Crippen LogP contribution in [0.5, 0.6) is 0 Å².